The molecule has 1 aliphatic rings. The summed E-state index contributed by atoms with van der Waals surface area (Å²) in [6.45, 7) is 3.84. The molecule has 0 saturated heterocycles. The molecule has 2 aromatic heterocycles. The monoisotopic (exact) mass is 300 g/mol. The Hall–Kier alpha value is -2.37. The van der Waals surface area contributed by atoms with Crippen LogP contribution in [0.3, 0.4) is 0 Å². The molecule has 1 saturated carbocycles. The van der Waals surface area contributed by atoms with Gasteiger partial charge in [0.1, 0.15) is 5.69 Å². The van der Waals surface area contributed by atoms with E-state index in [9.17, 15) is 4.79 Å². The molecule has 0 unspecified atom stereocenters. The SMILES string of the molecule is CC(C)Oc1cccc(C(=O)Nc2cnn(C3CCC3)c2)n1. The number of pyridine rings is 1. The number of hydrogen-bond donors (Lipinski definition) is 1. The average Bonchev–Trinajstić information content (AvgIpc) is 2.84. The number of hydrogen-bond acceptors (Lipinski definition) is 4. The van der Waals surface area contributed by atoms with Gasteiger partial charge in [-0.15, -0.1) is 0 Å². The van der Waals surface area contributed by atoms with Crippen molar-refractivity contribution in [3.8, 4) is 5.88 Å². The lowest BCUT2D eigenvalue weighted by Gasteiger charge is -2.25. The van der Waals surface area contributed by atoms with E-state index in [-0.39, 0.29) is 12.0 Å². The zero-order chi connectivity index (χ0) is 15.5. The Labute approximate surface area is 129 Å². The van der Waals surface area contributed by atoms with E-state index in [1.54, 1.807) is 24.4 Å². The maximum absolute atomic E-state index is 12.2. The molecular formula is C16H20N4O2. The lowest BCUT2D eigenvalue weighted by atomic mass is 9.93. The standard InChI is InChI=1S/C16H20N4O2/c1-11(2)22-15-8-4-7-14(19-15)16(21)18-12-9-17-20(10-12)13-5-3-6-13/h4,7-11,13H,3,5-6H2,1-2H3,(H,18,21). The normalized spacial score (nSPS) is 14.7. The Balaban J connectivity index is 1.67. The van der Waals surface area contributed by atoms with Gasteiger partial charge in [0, 0.05) is 12.3 Å². The van der Waals surface area contributed by atoms with Crippen LogP contribution in [0.4, 0.5) is 5.69 Å². The molecule has 116 valence electrons. The van der Waals surface area contributed by atoms with Crippen LogP contribution in [0.15, 0.2) is 30.6 Å². The van der Waals surface area contributed by atoms with E-state index in [2.05, 4.69) is 15.4 Å². The Morgan fingerprint density at radius 2 is 2.23 bits per heavy atom. The minimum Gasteiger partial charge on any atom is -0.475 e. The van der Waals surface area contributed by atoms with E-state index in [0.29, 0.717) is 23.3 Å². The van der Waals surface area contributed by atoms with Gasteiger partial charge < -0.3 is 10.1 Å². The smallest absolute Gasteiger partial charge is 0.274 e. The quantitative estimate of drug-likeness (QED) is 0.921. The van der Waals surface area contributed by atoms with E-state index in [1.807, 2.05) is 24.7 Å². The number of nitrogens with one attached hydrogen (secondary N) is 1. The first-order valence-corrected chi connectivity index (χ1v) is 7.61. The number of anilines is 1. The highest BCUT2D eigenvalue weighted by Gasteiger charge is 2.20. The number of carbonyl (C=O) groups is 1. The van der Waals surface area contributed by atoms with Crippen molar-refractivity contribution in [3.63, 3.8) is 0 Å². The second kappa shape index (κ2) is 6.17. The van der Waals surface area contributed by atoms with Gasteiger partial charge in [0.15, 0.2) is 0 Å². The van der Waals surface area contributed by atoms with E-state index in [1.165, 1.54) is 6.42 Å². The zero-order valence-electron chi connectivity index (χ0n) is 12.8. The number of amides is 1. The van der Waals surface area contributed by atoms with Crippen molar-refractivity contribution in [2.45, 2.75) is 45.3 Å². The first kappa shape index (κ1) is 14.6. The van der Waals surface area contributed by atoms with Gasteiger partial charge in [-0.2, -0.15) is 5.10 Å². The van der Waals surface area contributed by atoms with Crippen LogP contribution in [0, 0.1) is 0 Å². The molecule has 1 N–H and O–H groups in total. The van der Waals surface area contributed by atoms with Gasteiger partial charge in [0.2, 0.25) is 5.88 Å². The molecule has 6 nitrogen and oxygen atoms in total. The van der Waals surface area contributed by atoms with Crippen molar-refractivity contribution >= 4 is 11.6 Å². The minimum atomic E-state index is -0.262. The molecule has 2 heterocycles. The van der Waals surface area contributed by atoms with Gasteiger partial charge in [0.25, 0.3) is 5.91 Å². The summed E-state index contributed by atoms with van der Waals surface area (Å²) in [7, 11) is 0. The number of aromatic nitrogens is 3. The molecule has 22 heavy (non-hydrogen) atoms. The molecule has 2 aromatic rings. The molecule has 1 aliphatic carbocycles. The molecule has 6 heteroatoms. The minimum absolute atomic E-state index is 0.0199. The van der Waals surface area contributed by atoms with Gasteiger partial charge in [-0.25, -0.2) is 4.98 Å². The summed E-state index contributed by atoms with van der Waals surface area (Å²) in [4.78, 5) is 16.5. The van der Waals surface area contributed by atoms with Crippen LogP contribution in [0.25, 0.3) is 0 Å². The summed E-state index contributed by atoms with van der Waals surface area (Å²) in [6.07, 6.45) is 7.13. The fourth-order valence-corrected chi connectivity index (χ4v) is 2.30. The Morgan fingerprint density at radius 3 is 2.91 bits per heavy atom. The molecule has 0 aliphatic heterocycles. The fourth-order valence-electron chi connectivity index (χ4n) is 2.30. The lowest BCUT2D eigenvalue weighted by molar-refractivity contribution is 0.102. The van der Waals surface area contributed by atoms with Crippen molar-refractivity contribution in [2.75, 3.05) is 5.32 Å². The van der Waals surface area contributed by atoms with Gasteiger partial charge in [-0.3, -0.25) is 9.48 Å². The van der Waals surface area contributed by atoms with Crippen molar-refractivity contribution in [1.29, 1.82) is 0 Å². The third kappa shape index (κ3) is 3.27. The number of carbonyl (C=O) groups excluding carboxylic acids is 1. The first-order valence-electron chi connectivity index (χ1n) is 7.61. The highest BCUT2D eigenvalue weighted by Crippen LogP contribution is 2.31. The van der Waals surface area contributed by atoms with E-state index in [4.69, 9.17) is 4.74 Å². The van der Waals surface area contributed by atoms with E-state index < -0.39 is 0 Å². The maximum Gasteiger partial charge on any atom is 0.274 e. The van der Waals surface area contributed by atoms with Crippen LogP contribution >= 0.6 is 0 Å². The first-order chi connectivity index (χ1) is 10.6. The Kier molecular flexibility index (Phi) is 4.09. The predicted molar refractivity (Wildman–Crippen MR) is 83.1 cm³/mol. The second-order valence-electron chi connectivity index (χ2n) is 5.78. The average molecular weight is 300 g/mol. The Morgan fingerprint density at radius 1 is 1.41 bits per heavy atom. The van der Waals surface area contributed by atoms with Crippen LogP contribution in [-0.4, -0.2) is 26.8 Å². The number of ether oxygens (including phenoxy) is 1. The van der Waals surface area contributed by atoms with Crippen molar-refractivity contribution in [2.24, 2.45) is 0 Å². The molecule has 1 amide bonds. The van der Waals surface area contributed by atoms with Crippen LogP contribution < -0.4 is 10.1 Å². The molecule has 0 radical (unpaired) electrons. The summed E-state index contributed by atoms with van der Waals surface area (Å²) >= 11 is 0. The number of rotatable bonds is 5. The molecule has 3 rings (SSSR count). The summed E-state index contributed by atoms with van der Waals surface area (Å²) < 4.78 is 7.43. The Bertz CT molecular complexity index is 662. The topological polar surface area (TPSA) is 69.0 Å². The lowest BCUT2D eigenvalue weighted by Crippen LogP contribution is -2.17. The predicted octanol–water partition coefficient (Wildman–Crippen LogP) is 3.04. The summed E-state index contributed by atoms with van der Waals surface area (Å²) in [5.74, 6) is 0.190. The van der Waals surface area contributed by atoms with Crippen LogP contribution in [0.1, 0.15) is 49.6 Å². The van der Waals surface area contributed by atoms with Crippen molar-refractivity contribution < 1.29 is 9.53 Å². The highest BCUT2D eigenvalue weighted by molar-refractivity contribution is 6.02. The summed E-state index contributed by atoms with van der Waals surface area (Å²) in [5.41, 5.74) is 1.02. The molecule has 0 atom stereocenters. The van der Waals surface area contributed by atoms with E-state index >= 15 is 0 Å². The van der Waals surface area contributed by atoms with Gasteiger partial charge in [-0.05, 0) is 39.2 Å². The number of nitrogens with zero attached hydrogens (tertiary/aromatic N) is 3. The molecule has 0 bridgehead atoms. The fraction of sp³-hybridized carbons (Fsp3) is 0.438. The highest BCUT2D eigenvalue weighted by atomic mass is 16.5. The van der Waals surface area contributed by atoms with Crippen LogP contribution in [-0.2, 0) is 0 Å². The zero-order valence-corrected chi connectivity index (χ0v) is 12.8. The van der Waals surface area contributed by atoms with E-state index in [0.717, 1.165) is 12.8 Å². The largest absolute Gasteiger partial charge is 0.475 e. The van der Waals surface area contributed by atoms with Gasteiger partial charge in [-0.1, -0.05) is 6.07 Å². The summed E-state index contributed by atoms with van der Waals surface area (Å²) in [6, 6.07) is 5.65. The van der Waals surface area contributed by atoms with Gasteiger partial charge in [0.05, 0.1) is 24.0 Å². The summed E-state index contributed by atoms with van der Waals surface area (Å²) in [5, 5.41) is 7.12. The third-order valence-corrected chi connectivity index (χ3v) is 3.62. The second-order valence-corrected chi connectivity index (χ2v) is 5.78. The van der Waals surface area contributed by atoms with Crippen LogP contribution in [0.2, 0.25) is 0 Å². The van der Waals surface area contributed by atoms with Gasteiger partial charge >= 0.3 is 0 Å². The third-order valence-electron chi connectivity index (χ3n) is 3.62. The van der Waals surface area contributed by atoms with Crippen molar-refractivity contribution in [1.82, 2.24) is 14.8 Å². The van der Waals surface area contributed by atoms with Crippen molar-refractivity contribution in [3.05, 3.63) is 36.3 Å². The molecule has 0 aromatic carbocycles. The maximum atomic E-state index is 12.2. The molecular weight excluding hydrogens is 280 g/mol. The molecule has 1 fully saturated rings. The van der Waals surface area contributed by atoms with Crippen LogP contribution in [0.5, 0.6) is 5.88 Å². The molecule has 0 spiro atoms.